The molecule has 3 aromatic heterocycles. The minimum Gasteiger partial charge on any atom is -0.345 e. The Morgan fingerprint density at radius 2 is 1.91 bits per heavy atom. The van der Waals surface area contributed by atoms with Crippen molar-refractivity contribution in [3.05, 3.63) is 30.4 Å². The molecule has 0 radical (unpaired) electrons. The molecule has 1 fully saturated rings. The molecule has 0 saturated heterocycles. The van der Waals surface area contributed by atoms with E-state index in [9.17, 15) is 0 Å². The van der Waals surface area contributed by atoms with Gasteiger partial charge < -0.3 is 9.88 Å². The summed E-state index contributed by atoms with van der Waals surface area (Å²) in [7, 11) is 0. The average Bonchev–Trinajstić information content (AvgIpc) is 3.22. The summed E-state index contributed by atoms with van der Waals surface area (Å²) < 4.78 is 2.29. The van der Waals surface area contributed by atoms with Crippen molar-refractivity contribution in [2.45, 2.75) is 51.5 Å². The molecule has 1 N–H and O–H groups in total. The van der Waals surface area contributed by atoms with E-state index in [1.54, 1.807) is 0 Å². The van der Waals surface area contributed by atoms with Gasteiger partial charge in [0.2, 0.25) is 0 Å². The van der Waals surface area contributed by atoms with E-state index in [1.165, 1.54) is 31.4 Å². The second kappa shape index (κ2) is 5.96. The van der Waals surface area contributed by atoms with Crippen LogP contribution in [0, 0.1) is 0 Å². The van der Waals surface area contributed by atoms with Crippen LogP contribution in [0.25, 0.3) is 16.8 Å². The molecule has 0 bridgehead atoms. The third-order valence-corrected chi connectivity index (χ3v) is 5.51. The normalized spacial score (nSPS) is 22.4. The number of fused-ring (bicyclic) bond motifs is 3. The Balaban J connectivity index is 1.62. The second-order valence-corrected chi connectivity index (χ2v) is 6.57. The lowest BCUT2D eigenvalue weighted by Crippen LogP contribution is -2.37. The fourth-order valence-electron chi connectivity index (χ4n) is 4.26. The highest BCUT2D eigenvalue weighted by atomic mass is 15.1. The van der Waals surface area contributed by atoms with Gasteiger partial charge >= 0.3 is 0 Å². The summed E-state index contributed by atoms with van der Waals surface area (Å²) in [4.78, 5) is 14.8. The van der Waals surface area contributed by atoms with Crippen molar-refractivity contribution in [2.75, 3.05) is 13.1 Å². The van der Waals surface area contributed by atoms with Crippen LogP contribution in [0.1, 0.15) is 51.1 Å². The maximum Gasteiger partial charge on any atom is 0.156 e. The first kappa shape index (κ1) is 14.7. The summed E-state index contributed by atoms with van der Waals surface area (Å²) in [6.07, 6.45) is 11.0. The largest absolute Gasteiger partial charge is 0.345 e. The van der Waals surface area contributed by atoms with Crippen LogP contribution in [0.5, 0.6) is 0 Å². The van der Waals surface area contributed by atoms with Crippen molar-refractivity contribution in [3.8, 4) is 0 Å². The third kappa shape index (κ3) is 2.43. The molecular formula is C18H25N5. The van der Waals surface area contributed by atoms with Crippen LogP contribution in [0.2, 0.25) is 0 Å². The molecular weight excluding hydrogens is 286 g/mol. The molecule has 23 heavy (non-hydrogen) atoms. The summed E-state index contributed by atoms with van der Waals surface area (Å²) in [5, 5.41) is 0. The van der Waals surface area contributed by atoms with E-state index >= 15 is 0 Å². The molecule has 0 aromatic carbocycles. The number of H-pyrrole nitrogens is 1. The van der Waals surface area contributed by atoms with Gasteiger partial charge in [0.05, 0.1) is 11.7 Å². The van der Waals surface area contributed by atoms with Crippen molar-refractivity contribution in [3.63, 3.8) is 0 Å². The van der Waals surface area contributed by atoms with Crippen molar-refractivity contribution >= 4 is 16.8 Å². The summed E-state index contributed by atoms with van der Waals surface area (Å²) in [5.41, 5.74) is 4.39. The summed E-state index contributed by atoms with van der Waals surface area (Å²) in [6, 6.07) is 2.86. The number of imidazole rings is 1. The molecule has 1 saturated carbocycles. The maximum atomic E-state index is 4.59. The van der Waals surface area contributed by atoms with Crippen LogP contribution >= 0.6 is 0 Å². The lowest BCUT2D eigenvalue weighted by atomic mass is 9.83. The molecule has 3 aromatic rings. The maximum absolute atomic E-state index is 4.59. The van der Waals surface area contributed by atoms with Gasteiger partial charge in [-0.05, 0) is 44.8 Å². The Kier molecular flexibility index (Phi) is 3.81. The van der Waals surface area contributed by atoms with Crippen LogP contribution in [-0.2, 0) is 0 Å². The fourth-order valence-corrected chi connectivity index (χ4v) is 4.26. The molecule has 0 spiro atoms. The van der Waals surface area contributed by atoms with Gasteiger partial charge in [0.1, 0.15) is 0 Å². The molecule has 5 heteroatoms. The molecule has 3 heterocycles. The molecule has 1 aliphatic carbocycles. The van der Waals surface area contributed by atoms with Gasteiger partial charge in [-0.3, -0.25) is 4.40 Å². The number of aromatic amines is 1. The number of aromatic nitrogens is 4. The van der Waals surface area contributed by atoms with Crippen molar-refractivity contribution in [1.82, 2.24) is 24.3 Å². The van der Waals surface area contributed by atoms with Crippen molar-refractivity contribution < 1.29 is 0 Å². The topological polar surface area (TPSA) is 49.2 Å². The molecule has 0 unspecified atom stereocenters. The van der Waals surface area contributed by atoms with E-state index in [2.05, 4.69) is 50.4 Å². The zero-order valence-electron chi connectivity index (χ0n) is 14.0. The minimum atomic E-state index is 0.609. The Morgan fingerprint density at radius 1 is 1.13 bits per heavy atom. The van der Waals surface area contributed by atoms with Crippen LogP contribution in [0.3, 0.4) is 0 Å². The van der Waals surface area contributed by atoms with Gasteiger partial charge in [0.15, 0.2) is 11.3 Å². The SMILES string of the molecule is CCN(CC)[C@H]1CC[C@H](c2cnc3cnc4[nH]ccc4n32)CC1. The van der Waals surface area contributed by atoms with Crippen LogP contribution in [0.4, 0.5) is 0 Å². The molecule has 1 aliphatic rings. The number of hydrogen-bond donors (Lipinski definition) is 1. The predicted molar refractivity (Wildman–Crippen MR) is 92.8 cm³/mol. The van der Waals surface area contributed by atoms with Gasteiger partial charge in [-0.1, -0.05) is 13.8 Å². The summed E-state index contributed by atoms with van der Waals surface area (Å²) in [6.45, 7) is 6.87. The Labute approximate surface area is 136 Å². The Morgan fingerprint density at radius 3 is 2.65 bits per heavy atom. The number of rotatable bonds is 4. The lowest BCUT2D eigenvalue weighted by Gasteiger charge is -2.35. The Hall–Kier alpha value is -1.88. The predicted octanol–water partition coefficient (Wildman–Crippen LogP) is 3.58. The first-order valence-electron chi connectivity index (χ1n) is 8.85. The monoisotopic (exact) mass is 311 g/mol. The highest BCUT2D eigenvalue weighted by molar-refractivity contribution is 5.74. The van der Waals surface area contributed by atoms with E-state index in [4.69, 9.17) is 0 Å². The summed E-state index contributed by atoms with van der Waals surface area (Å²) in [5.74, 6) is 0.609. The molecule has 5 nitrogen and oxygen atoms in total. The van der Waals surface area contributed by atoms with Gasteiger partial charge in [-0.25, -0.2) is 9.97 Å². The highest BCUT2D eigenvalue weighted by Crippen LogP contribution is 2.35. The Bertz CT molecular complexity index is 790. The molecule has 4 rings (SSSR count). The minimum absolute atomic E-state index is 0.609. The van der Waals surface area contributed by atoms with E-state index < -0.39 is 0 Å². The van der Waals surface area contributed by atoms with Gasteiger partial charge in [0, 0.05) is 30.0 Å². The first-order valence-corrected chi connectivity index (χ1v) is 8.85. The van der Waals surface area contributed by atoms with E-state index in [1.807, 2.05) is 12.4 Å². The third-order valence-electron chi connectivity index (χ3n) is 5.51. The van der Waals surface area contributed by atoms with E-state index in [0.717, 1.165) is 35.9 Å². The second-order valence-electron chi connectivity index (χ2n) is 6.57. The standard InChI is InChI=1S/C18H25N5/c1-3-22(4-2)14-7-5-13(6-8-14)16-11-20-17-12-21-18-15(23(16)17)9-10-19-18/h9-14,19H,3-8H2,1-2H3/t13-,14-. The van der Waals surface area contributed by atoms with Crippen LogP contribution in [-0.4, -0.2) is 43.4 Å². The zero-order chi connectivity index (χ0) is 15.8. The lowest BCUT2D eigenvalue weighted by molar-refractivity contribution is 0.163. The van der Waals surface area contributed by atoms with Crippen molar-refractivity contribution in [2.24, 2.45) is 0 Å². The van der Waals surface area contributed by atoms with Gasteiger partial charge in [-0.15, -0.1) is 0 Å². The average molecular weight is 311 g/mol. The summed E-state index contributed by atoms with van der Waals surface area (Å²) >= 11 is 0. The quantitative estimate of drug-likeness (QED) is 0.801. The number of nitrogens with zero attached hydrogens (tertiary/aromatic N) is 4. The molecule has 0 atom stereocenters. The van der Waals surface area contributed by atoms with Crippen LogP contribution < -0.4 is 0 Å². The molecule has 0 amide bonds. The smallest absolute Gasteiger partial charge is 0.156 e. The van der Waals surface area contributed by atoms with E-state index in [0.29, 0.717) is 5.92 Å². The van der Waals surface area contributed by atoms with Crippen LogP contribution in [0.15, 0.2) is 24.7 Å². The number of hydrogen-bond acceptors (Lipinski definition) is 3. The van der Waals surface area contributed by atoms with E-state index in [-0.39, 0.29) is 0 Å². The molecule has 0 aliphatic heterocycles. The fraction of sp³-hybridized carbons (Fsp3) is 0.556. The van der Waals surface area contributed by atoms with Crippen molar-refractivity contribution in [1.29, 1.82) is 0 Å². The highest BCUT2D eigenvalue weighted by Gasteiger charge is 2.27. The zero-order valence-corrected chi connectivity index (χ0v) is 14.0. The molecule has 122 valence electrons. The van der Waals surface area contributed by atoms with Gasteiger partial charge in [0.25, 0.3) is 0 Å². The number of nitrogens with one attached hydrogen (secondary N) is 1. The van der Waals surface area contributed by atoms with Gasteiger partial charge in [-0.2, -0.15) is 0 Å². The first-order chi connectivity index (χ1) is 11.3.